The Hall–Kier alpha value is -2.82. The Labute approximate surface area is 133 Å². The van der Waals surface area contributed by atoms with Gasteiger partial charge in [-0.3, -0.25) is 4.79 Å². The first kappa shape index (κ1) is 15.1. The van der Waals surface area contributed by atoms with E-state index in [-0.39, 0.29) is 23.9 Å². The number of hydrogen-bond donors (Lipinski definition) is 3. The van der Waals surface area contributed by atoms with Crippen molar-refractivity contribution in [3.05, 3.63) is 65.2 Å². The highest BCUT2D eigenvalue weighted by Gasteiger charge is 2.36. The van der Waals surface area contributed by atoms with Gasteiger partial charge in [-0.25, -0.2) is 4.79 Å². The summed E-state index contributed by atoms with van der Waals surface area (Å²) in [5.74, 6) is -2.05. The molecule has 1 aliphatic heterocycles. The molecule has 2 aromatic rings. The average molecular weight is 311 g/mol. The number of carbonyl (C=O) groups is 2. The van der Waals surface area contributed by atoms with E-state index < -0.39 is 11.9 Å². The molecule has 5 nitrogen and oxygen atoms in total. The molecule has 5 heteroatoms. The zero-order chi connectivity index (χ0) is 16.4. The molecular weight excluding hydrogens is 294 g/mol. The Kier molecular flexibility index (Phi) is 4.02. The Morgan fingerprint density at radius 3 is 2.39 bits per heavy atom. The summed E-state index contributed by atoms with van der Waals surface area (Å²) in [6.45, 7) is 0. The maximum Gasteiger partial charge on any atom is 0.336 e. The Bertz CT molecular complexity index is 742. The van der Waals surface area contributed by atoms with Gasteiger partial charge in [-0.05, 0) is 29.7 Å². The first-order valence-electron chi connectivity index (χ1n) is 7.47. The van der Waals surface area contributed by atoms with Gasteiger partial charge >= 0.3 is 11.9 Å². The molecule has 0 radical (unpaired) electrons. The summed E-state index contributed by atoms with van der Waals surface area (Å²) in [7, 11) is 0. The second-order valence-corrected chi connectivity index (χ2v) is 5.64. The van der Waals surface area contributed by atoms with E-state index in [0.717, 1.165) is 11.3 Å². The number of anilines is 1. The van der Waals surface area contributed by atoms with Crippen molar-refractivity contribution >= 4 is 17.6 Å². The van der Waals surface area contributed by atoms with Crippen LogP contribution in [0, 0.1) is 0 Å². The van der Waals surface area contributed by atoms with Crippen LogP contribution in [-0.4, -0.2) is 22.2 Å². The van der Waals surface area contributed by atoms with Gasteiger partial charge < -0.3 is 15.5 Å². The van der Waals surface area contributed by atoms with Crippen LogP contribution < -0.4 is 5.32 Å². The van der Waals surface area contributed by atoms with Crippen LogP contribution in [-0.2, 0) is 4.79 Å². The van der Waals surface area contributed by atoms with Crippen molar-refractivity contribution in [2.75, 3.05) is 5.32 Å². The molecule has 0 amide bonds. The van der Waals surface area contributed by atoms with Crippen LogP contribution in [0.1, 0.15) is 46.3 Å². The lowest BCUT2D eigenvalue weighted by atomic mass is 9.84. The number of carboxylic acids is 2. The van der Waals surface area contributed by atoms with Crippen molar-refractivity contribution in [3.63, 3.8) is 0 Å². The molecule has 118 valence electrons. The number of carboxylic acid groups (broad SMARTS) is 2. The monoisotopic (exact) mass is 311 g/mol. The van der Waals surface area contributed by atoms with Crippen LogP contribution in [0.3, 0.4) is 0 Å². The molecule has 0 fully saturated rings. The van der Waals surface area contributed by atoms with E-state index in [0.29, 0.717) is 12.0 Å². The van der Waals surface area contributed by atoms with Crippen molar-refractivity contribution in [2.24, 2.45) is 0 Å². The summed E-state index contributed by atoms with van der Waals surface area (Å²) >= 11 is 0. The molecule has 0 aliphatic carbocycles. The van der Waals surface area contributed by atoms with Crippen molar-refractivity contribution < 1.29 is 19.8 Å². The fraction of sp³-hybridized carbons (Fsp3) is 0.222. The van der Waals surface area contributed by atoms with E-state index in [4.69, 9.17) is 5.11 Å². The molecule has 0 saturated carbocycles. The fourth-order valence-corrected chi connectivity index (χ4v) is 3.28. The highest BCUT2D eigenvalue weighted by molar-refractivity contribution is 5.92. The zero-order valence-corrected chi connectivity index (χ0v) is 12.4. The smallest absolute Gasteiger partial charge is 0.336 e. The summed E-state index contributed by atoms with van der Waals surface area (Å²) in [6.07, 6.45) is 0.391. The van der Waals surface area contributed by atoms with Gasteiger partial charge in [0.1, 0.15) is 0 Å². The lowest BCUT2D eigenvalue weighted by molar-refractivity contribution is -0.137. The molecule has 3 rings (SSSR count). The fourth-order valence-electron chi connectivity index (χ4n) is 3.28. The van der Waals surface area contributed by atoms with Gasteiger partial charge in [0, 0.05) is 18.0 Å². The SMILES string of the molecule is O=C(O)CCC1c2c(cccc2C(=O)O)NC1c1ccccc1. The Morgan fingerprint density at radius 1 is 1.00 bits per heavy atom. The number of aliphatic carboxylic acids is 1. The van der Waals surface area contributed by atoms with Gasteiger partial charge in [-0.1, -0.05) is 36.4 Å². The van der Waals surface area contributed by atoms with Crippen molar-refractivity contribution in [2.45, 2.75) is 24.8 Å². The van der Waals surface area contributed by atoms with Crippen LogP contribution in [0.4, 0.5) is 5.69 Å². The number of rotatable bonds is 5. The third kappa shape index (κ3) is 2.90. The topological polar surface area (TPSA) is 86.6 Å². The van der Waals surface area contributed by atoms with Gasteiger partial charge in [0.05, 0.1) is 11.6 Å². The predicted octanol–water partition coefficient (Wildman–Crippen LogP) is 3.50. The third-order valence-corrected chi connectivity index (χ3v) is 4.25. The van der Waals surface area contributed by atoms with Crippen molar-refractivity contribution in [3.8, 4) is 0 Å². The van der Waals surface area contributed by atoms with E-state index in [1.165, 1.54) is 0 Å². The minimum absolute atomic E-state index is 0.00305. The summed E-state index contributed by atoms with van der Waals surface area (Å²) in [5, 5.41) is 21.8. The highest BCUT2D eigenvalue weighted by Crippen LogP contribution is 2.47. The number of aromatic carboxylic acids is 1. The second-order valence-electron chi connectivity index (χ2n) is 5.64. The Morgan fingerprint density at radius 2 is 1.74 bits per heavy atom. The van der Waals surface area contributed by atoms with Crippen molar-refractivity contribution in [1.82, 2.24) is 0 Å². The molecular formula is C18H17NO4. The second kappa shape index (κ2) is 6.12. The number of fused-ring (bicyclic) bond motifs is 1. The van der Waals surface area contributed by atoms with Crippen LogP contribution in [0.2, 0.25) is 0 Å². The summed E-state index contributed by atoms with van der Waals surface area (Å²) < 4.78 is 0. The van der Waals surface area contributed by atoms with Crippen LogP contribution in [0.25, 0.3) is 0 Å². The summed E-state index contributed by atoms with van der Waals surface area (Å²) in [6, 6.07) is 14.7. The number of benzene rings is 2. The van der Waals surface area contributed by atoms with Gasteiger partial charge in [0.2, 0.25) is 0 Å². The van der Waals surface area contributed by atoms with E-state index >= 15 is 0 Å². The van der Waals surface area contributed by atoms with E-state index in [1.54, 1.807) is 12.1 Å². The molecule has 0 spiro atoms. The molecule has 0 saturated heterocycles. The van der Waals surface area contributed by atoms with E-state index in [1.807, 2.05) is 36.4 Å². The molecule has 0 aromatic heterocycles. The van der Waals surface area contributed by atoms with Crippen molar-refractivity contribution in [1.29, 1.82) is 0 Å². The standard InChI is InChI=1S/C18H17NO4/c20-15(21)10-9-12-16-13(18(22)23)7-4-8-14(16)19-17(12)11-5-2-1-3-6-11/h1-8,12,17,19H,9-10H2,(H,20,21)(H,22,23). The Balaban J connectivity index is 2.04. The minimum Gasteiger partial charge on any atom is -0.481 e. The quantitative estimate of drug-likeness (QED) is 0.786. The molecule has 1 aliphatic rings. The molecule has 3 N–H and O–H groups in total. The summed E-state index contributed by atoms with van der Waals surface area (Å²) in [5.41, 5.74) is 2.74. The molecule has 2 aromatic carbocycles. The molecule has 1 heterocycles. The van der Waals surface area contributed by atoms with Gasteiger partial charge in [0.25, 0.3) is 0 Å². The maximum atomic E-state index is 11.5. The molecule has 2 atom stereocenters. The largest absolute Gasteiger partial charge is 0.481 e. The van der Waals surface area contributed by atoms with E-state index in [2.05, 4.69) is 5.32 Å². The lowest BCUT2D eigenvalue weighted by Crippen LogP contribution is -2.14. The first-order valence-corrected chi connectivity index (χ1v) is 7.47. The third-order valence-electron chi connectivity index (χ3n) is 4.25. The minimum atomic E-state index is -0.988. The maximum absolute atomic E-state index is 11.5. The first-order chi connectivity index (χ1) is 11.1. The van der Waals surface area contributed by atoms with Gasteiger partial charge in [-0.15, -0.1) is 0 Å². The number of hydrogen-bond acceptors (Lipinski definition) is 3. The predicted molar refractivity (Wildman–Crippen MR) is 85.8 cm³/mol. The van der Waals surface area contributed by atoms with Crippen LogP contribution >= 0.6 is 0 Å². The molecule has 23 heavy (non-hydrogen) atoms. The summed E-state index contributed by atoms with van der Waals surface area (Å²) in [4.78, 5) is 22.5. The van der Waals surface area contributed by atoms with Crippen LogP contribution in [0.15, 0.2) is 48.5 Å². The van der Waals surface area contributed by atoms with Crippen LogP contribution in [0.5, 0.6) is 0 Å². The van der Waals surface area contributed by atoms with Gasteiger partial charge in [-0.2, -0.15) is 0 Å². The lowest BCUT2D eigenvalue weighted by Gasteiger charge is -2.21. The van der Waals surface area contributed by atoms with E-state index in [9.17, 15) is 14.7 Å². The van der Waals surface area contributed by atoms with Gasteiger partial charge in [0.15, 0.2) is 0 Å². The molecule has 0 bridgehead atoms. The number of nitrogens with one attached hydrogen (secondary N) is 1. The normalized spacial score (nSPS) is 19.0. The average Bonchev–Trinajstić information content (AvgIpc) is 2.92. The highest BCUT2D eigenvalue weighted by atomic mass is 16.4. The molecule has 2 unspecified atom stereocenters. The zero-order valence-electron chi connectivity index (χ0n) is 12.4.